The molecular weight excluding hydrogens is 517 g/mol. The quantitative estimate of drug-likeness (QED) is 0.199. The van der Waals surface area contributed by atoms with Crippen molar-refractivity contribution in [3.63, 3.8) is 0 Å². The fourth-order valence-electron chi connectivity index (χ4n) is 4.29. The molecule has 0 unspecified atom stereocenters. The van der Waals surface area contributed by atoms with Crippen molar-refractivity contribution in [3.8, 4) is 28.7 Å². The van der Waals surface area contributed by atoms with Gasteiger partial charge in [0.15, 0.2) is 12.0 Å². The molecule has 5 rings (SSSR count). The predicted molar refractivity (Wildman–Crippen MR) is 144 cm³/mol. The van der Waals surface area contributed by atoms with Crippen molar-refractivity contribution in [3.05, 3.63) is 48.2 Å². The Balaban J connectivity index is 1.34. The monoisotopic (exact) mass is 546 g/mol. The van der Waals surface area contributed by atoms with Crippen LogP contribution >= 0.6 is 0 Å². The third-order valence-electron chi connectivity index (χ3n) is 6.51. The van der Waals surface area contributed by atoms with Gasteiger partial charge in [-0.3, -0.25) is 9.37 Å². The van der Waals surface area contributed by atoms with E-state index in [9.17, 15) is 9.18 Å². The molecule has 13 heteroatoms. The smallest absolute Gasteiger partial charge is 0.281 e. The number of hydrogen-bond donors (Lipinski definition) is 3. The summed E-state index contributed by atoms with van der Waals surface area (Å²) in [6.07, 6.45) is 5.36. The maximum Gasteiger partial charge on any atom is 0.281 e. The first-order valence-corrected chi connectivity index (χ1v) is 12.9. The number of benzene rings is 1. The van der Waals surface area contributed by atoms with Crippen LogP contribution in [0.1, 0.15) is 25.5 Å². The number of hydrogen-bond acceptors (Lipinski definition) is 9. The summed E-state index contributed by atoms with van der Waals surface area (Å²) in [6.45, 7) is 4.12. The van der Waals surface area contributed by atoms with Gasteiger partial charge in [-0.15, -0.1) is 0 Å². The van der Waals surface area contributed by atoms with Crippen LogP contribution in [0.2, 0.25) is 0 Å². The van der Waals surface area contributed by atoms with Crippen molar-refractivity contribution < 1.29 is 23.2 Å². The van der Waals surface area contributed by atoms with Gasteiger partial charge in [-0.05, 0) is 37.3 Å². The minimum absolute atomic E-state index is 0.0692. The molecule has 3 aromatic rings. The van der Waals surface area contributed by atoms with Gasteiger partial charge in [-0.25, -0.2) is 19.3 Å². The van der Waals surface area contributed by atoms with Crippen LogP contribution in [0.25, 0.3) is 22.6 Å². The molecule has 206 valence electrons. The number of aliphatic imine (C=N–C) groups is 1. The van der Waals surface area contributed by atoms with Crippen LogP contribution in [-0.2, 0) is 14.3 Å². The number of anilines is 1. The molecule has 4 heterocycles. The zero-order valence-electron chi connectivity index (χ0n) is 21.9. The van der Waals surface area contributed by atoms with E-state index in [4.69, 9.17) is 19.7 Å². The number of nitrogens with one attached hydrogen (secondary N) is 3. The standard InChI is InChI=1S/C27H28FN9O3/c1-27(25(38)31-11-8-29)15-39-24(40-16-27)23-35-21(18-3-5-19(28)6-4-18)22(36-23)20-7-10-33-26(34-20)32-9-2-13-37-14-12-30-17-37/h3-7,10,12,17,24H,2,9,11,13-16H2,1H3,(H2-,31,32,33,34,35,36,38)/p+1. The van der Waals surface area contributed by atoms with Crippen molar-refractivity contribution in [1.82, 2.24) is 25.3 Å². The lowest BCUT2D eigenvalue weighted by molar-refractivity contribution is -0.504. The molecule has 1 aromatic carbocycles. The lowest BCUT2D eigenvalue weighted by atomic mass is 9.91. The molecule has 1 saturated heterocycles. The molecule has 0 bridgehead atoms. The van der Waals surface area contributed by atoms with Crippen molar-refractivity contribution >= 4 is 24.4 Å². The van der Waals surface area contributed by atoms with Gasteiger partial charge < -0.3 is 25.1 Å². The number of aromatic amines is 1. The Labute approximate surface area is 230 Å². The highest BCUT2D eigenvalue weighted by molar-refractivity contribution is 5.83. The van der Waals surface area contributed by atoms with Crippen molar-refractivity contribution in [2.75, 3.05) is 44.7 Å². The second kappa shape index (κ2) is 12.1. The molecule has 1 fully saturated rings. The summed E-state index contributed by atoms with van der Waals surface area (Å²) in [5, 5.41) is 14.6. The van der Waals surface area contributed by atoms with Gasteiger partial charge in [0, 0.05) is 24.7 Å². The normalized spacial score (nSPS) is 20.1. The number of amides is 1. The first-order chi connectivity index (χ1) is 19.4. The van der Waals surface area contributed by atoms with Crippen molar-refractivity contribution in [2.24, 2.45) is 10.4 Å². The van der Waals surface area contributed by atoms with Crippen LogP contribution in [0.15, 0.2) is 41.5 Å². The Morgan fingerprint density at radius 3 is 2.77 bits per heavy atom. The zero-order chi connectivity index (χ0) is 28.0. The van der Waals surface area contributed by atoms with Crippen molar-refractivity contribution in [2.45, 2.75) is 19.6 Å². The fraction of sp³-hybridized carbons (Fsp3) is 0.370. The average Bonchev–Trinajstić information content (AvgIpc) is 3.66. The number of carbonyl (C=O) groups excluding carboxylic acids is 1. The SMILES string of the molecule is CC1(C(=O)NCC#N)COC(c2nc(-c3ccc(F)cc3)c(-c3ccnc(NCCC[N+]4=CN=CC4)n3)[nH]2)OC1. The Bertz CT molecular complexity index is 1450. The predicted octanol–water partition coefficient (Wildman–Crippen LogP) is 2.29. The summed E-state index contributed by atoms with van der Waals surface area (Å²) in [5.74, 6) is 0.156. The lowest BCUT2D eigenvalue weighted by Gasteiger charge is -2.35. The van der Waals surface area contributed by atoms with E-state index < -0.39 is 11.7 Å². The molecule has 0 aliphatic carbocycles. The minimum Gasteiger partial charge on any atom is -0.354 e. The highest BCUT2D eigenvalue weighted by Crippen LogP contribution is 2.35. The molecule has 0 spiro atoms. The van der Waals surface area contributed by atoms with Gasteiger partial charge in [0.25, 0.3) is 6.34 Å². The molecule has 2 aliphatic rings. The summed E-state index contributed by atoms with van der Waals surface area (Å²) >= 11 is 0. The molecule has 1 amide bonds. The molecular formula is C27H29FN9O3+. The number of aromatic nitrogens is 4. The molecule has 40 heavy (non-hydrogen) atoms. The van der Waals surface area contributed by atoms with E-state index in [-0.39, 0.29) is 31.5 Å². The van der Waals surface area contributed by atoms with Gasteiger partial charge >= 0.3 is 0 Å². The molecule has 12 nitrogen and oxygen atoms in total. The summed E-state index contributed by atoms with van der Waals surface area (Å²) in [6, 6.07) is 9.64. The fourth-order valence-corrected chi connectivity index (χ4v) is 4.29. The minimum atomic E-state index is -0.949. The molecule has 0 saturated carbocycles. The topological polar surface area (TPSA) is 153 Å². The highest BCUT2D eigenvalue weighted by Gasteiger charge is 2.40. The van der Waals surface area contributed by atoms with Crippen LogP contribution in [-0.4, -0.2) is 82.4 Å². The third-order valence-corrected chi connectivity index (χ3v) is 6.51. The van der Waals surface area contributed by atoms with Crippen LogP contribution < -0.4 is 10.6 Å². The number of rotatable bonds is 10. The van der Waals surface area contributed by atoms with Crippen molar-refractivity contribution in [1.29, 1.82) is 5.26 Å². The highest BCUT2D eigenvalue weighted by atomic mass is 19.1. The Morgan fingerprint density at radius 1 is 1.25 bits per heavy atom. The number of nitrogens with zero attached hydrogens (tertiary/aromatic N) is 6. The lowest BCUT2D eigenvalue weighted by Crippen LogP contribution is -2.48. The second-order valence-corrected chi connectivity index (χ2v) is 9.70. The van der Waals surface area contributed by atoms with Gasteiger partial charge in [-0.2, -0.15) is 5.26 Å². The van der Waals surface area contributed by atoms with Crippen LogP contribution in [0.4, 0.5) is 10.3 Å². The molecule has 0 atom stereocenters. The van der Waals surface area contributed by atoms with Gasteiger partial charge in [0.05, 0.1) is 48.3 Å². The van der Waals surface area contributed by atoms with E-state index in [2.05, 4.69) is 35.2 Å². The van der Waals surface area contributed by atoms with E-state index in [1.54, 1.807) is 31.3 Å². The van der Waals surface area contributed by atoms with E-state index in [1.165, 1.54) is 12.1 Å². The molecule has 2 aliphatic heterocycles. The van der Waals surface area contributed by atoms with Gasteiger partial charge in [0.2, 0.25) is 18.1 Å². The number of ether oxygens (including phenoxy) is 2. The summed E-state index contributed by atoms with van der Waals surface area (Å²) in [7, 11) is 0. The number of imidazole rings is 1. The number of halogens is 1. The summed E-state index contributed by atoms with van der Waals surface area (Å²) in [5.41, 5.74) is 1.43. The largest absolute Gasteiger partial charge is 0.354 e. The number of nitriles is 1. The maximum absolute atomic E-state index is 13.7. The maximum atomic E-state index is 13.7. The van der Waals surface area contributed by atoms with E-state index in [1.807, 2.05) is 18.6 Å². The van der Waals surface area contributed by atoms with Crippen LogP contribution in [0.3, 0.4) is 0 Å². The number of carbonyl (C=O) groups is 1. The second-order valence-electron chi connectivity index (χ2n) is 9.70. The van der Waals surface area contributed by atoms with Crippen LogP contribution in [0, 0.1) is 22.6 Å². The van der Waals surface area contributed by atoms with E-state index >= 15 is 0 Å². The van der Waals surface area contributed by atoms with E-state index in [0.717, 1.165) is 19.5 Å². The first-order valence-electron chi connectivity index (χ1n) is 12.9. The Hall–Kier alpha value is -4.54. The Kier molecular flexibility index (Phi) is 8.18. The molecule has 3 N–H and O–H groups in total. The number of H-pyrrole nitrogens is 1. The third kappa shape index (κ3) is 6.19. The summed E-state index contributed by atoms with van der Waals surface area (Å²) in [4.78, 5) is 33.6. The first kappa shape index (κ1) is 27.0. The average molecular weight is 547 g/mol. The van der Waals surface area contributed by atoms with Gasteiger partial charge in [-0.1, -0.05) is 4.99 Å². The molecule has 2 aromatic heterocycles. The summed E-state index contributed by atoms with van der Waals surface area (Å²) < 4.78 is 27.6. The van der Waals surface area contributed by atoms with Gasteiger partial charge in [0.1, 0.15) is 18.9 Å². The zero-order valence-corrected chi connectivity index (χ0v) is 21.9. The Morgan fingerprint density at radius 2 is 2.05 bits per heavy atom. The van der Waals surface area contributed by atoms with Crippen LogP contribution in [0.5, 0.6) is 0 Å². The van der Waals surface area contributed by atoms with E-state index in [0.29, 0.717) is 41.0 Å². The molecule has 0 radical (unpaired) electrons.